The van der Waals surface area contributed by atoms with Crippen LogP contribution in [0.5, 0.6) is 0 Å². The lowest BCUT2D eigenvalue weighted by atomic mass is 9.81. The summed E-state index contributed by atoms with van der Waals surface area (Å²) in [5, 5.41) is 7.73. The van der Waals surface area contributed by atoms with Crippen molar-refractivity contribution < 1.29 is 0 Å². The van der Waals surface area contributed by atoms with E-state index >= 15 is 0 Å². The molecule has 0 N–H and O–H groups in total. The van der Waals surface area contributed by atoms with E-state index in [0.29, 0.717) is 0 Å². The first-order chi connectivity index (χ1) is 14.1. The van der Waals surface area contributed by atoms with Crippen LogP contribution in [0.25, 0.3) is 32.3 Å². The summed E-state index contributed by atoms with van der Waals surface area (Å²) < 4.78 is 2.02. The maximum Gasteiger partial charge on any atom is 0.141 e. The number of aryl methyl sites for hydroxylation is 6. The number of hydrogen-bond acceptors (Lipinski definition) is 2. The lowest BCUT2D eigenvalue weighted by molar-refractivity contribution is 0.931. The number of benzene rings is 3. The van der Waals surface area contributed by atoms with Gasteiger partial charge in [0.25, 0.3) is 0 Å². The molecule has 0 atom stereocenters. The molecule has 0 bridgehead atoms. The van der Waals surface area contributed by atoms with E-state index in [1.54, 1.807) is 0 Å². The first kappa shape index (κ1) is 20.3. The fourth-order valence-corrected chi connectivity index (χ4v) is 5.61. The molecule has 0 spiro atoms. The molecule has 0 saturated heterocycles. The number of nitrogens with zero attached hydrogens (tertiary/aromatic N) is 3. The molecule has 0 unspecified atom stereocenters. The summed E-state index contributed by atoms with van der Waals surface area (Å²) in [6.45, 7) is 25.7. The van der Waals surface area contributed by atoms with Crippen molar-refractivity contribution in [2.45, 2.75) is 55.4 Å². The minimum atomic E-state index is 0.861. The molecular weight excluding hydrogens is 366 g/mol. The van der Waals surface area contributed by atoms with Gasteiger partial charge in [-0.2, -0.15) is 0 Å². The molecule has 0 aliphatic heterocycles. The number of aromatic nitrogens is 1. The molecule has 0 aliphatic rings. The fraction of sp³-hybridized carbons (Fsp3) is 0.333. The van der Waals surface area contributed by atoms with Gasteiger partial charge >= 0.3 is 0 Å². The molecule has 4 aromatic rings. The molecule has 1 aromatic heterocycles. The zero-order valence-corrected chi connectivity index (χ0v) is 19.8. The Kier molecular flexibility index (Phi) is 4.43. The highest BCUT2D eigenvalue weighted by Gasteiger charge is 2.25. The van der Waals surface area contributed by atoms with Crippen LogP contribution in [0.2, 0.25) is 0 Å². The molecule has 0 fully saturated rings. The van der Waals surface area contributed by atoms with Crippen LogP contribution in [0.1, 0.15) is 44.5 Å². The Labute approximate surface area is 179 Å². The van der Waals surface area contributed by atoms with Gasteiger partial charge in [0.2, 0.25) is 0 Å². The van der Waals surface area contributed by atoms with Crippen LogP contribution in [0.4, 0.5) is 11.6 Å². The highest BCUT2D eigenvalue weighted by atomic mass is 15.1. The van der Waals surface area contributed by atoms with Crippen LogP contribution in [0.15, 0.2) is 9.98 Å². The monoisotopic (exact) mass is 397 g/mol. The summed E-state index contributed by atoms with van der Waals surface area (Å²) in [6.07, 6.45) is 0. The Bertz CT molecular complexity index is 1450. The second-order valence-electron chi connectivity index (χ2n) is 8.77. The Hall–Kier alpha value is -2.94. The van der Waals surface area contributed by atoms with Crippen LogP contribution in [-0.4, -0.2) is 18.0 Å². The van der Waals surface area contributed by atoms with Gasteiger partial charge in [0.15, 0.2) is 0 Å². The third kappa shape index (κ3) is 2.21. The summed E-state index contributed by atoms with van der Waals surface area (Å²) in [5.41, 5.74) is 10.7. The van der Waals surface area contributed by atoms with Crippen molar-refractivity contribution in [1.82, 2.24) is 4.57 Å². The van der Waals surface area contributed by atoms with E-state index in [1.165, 1.54) is 66.1 Å². The fourth-order valence-electron chi connectivity index (χ4n) is 5.61. The van der Waals surface area contributed by atoms with Crippen molar-refractivity contribution in [1.29, 1.82) is 0 Å². The van der Waals surface area contributed by atoms with Crippen molar-refractivity contribution in [2.24, 2.45) is 17.0 Å². The molecule has 0 saturated carbocycles. The van der Waals surface area contributed by atoms with E-state index in [2.05, 4.69) is 78.8 Å². The largest absolute Gasteiger partial charge is 0.313 e. The van der Waals surface area contributed by atoms with Crippen molar-refractivity contribution in [3.8, 4) is 0 Å². The second kappa shape index (κ2) is 6.53. The highest BCUT2D eigenvalue weighted by molar-refractivity contribution is 6.23. The normalized spacial score (nSPS) is 11.8. The summed E-state index contributed by atoms with van der Waals surface area (Å²) in [5.74, 6) is 1.72. The maximum absolute atomic E-state index is 4.39. The topological polar surface area (TPSA) is 29.6 Å². The van der Waals surface area contributed by atoms with Gasteiger partial charge in [-0.25, -0.2) is 9.98 Å². The molecule has 0 aliphatic carbocycles. The third-order valence-corrected chi connectivity index (χ3v) is 7.63. The quantitative estimate of drug-likeness (QED) is 0.246. The molecule has 154 valence electrons. The molecule has 3 aromatic carbocycles. The predicted octanol–water partition coefficient (Wildman–Crippen LogP) is 7.62. The Morgan fingerprint density at radius 2 is 0.733 bits per heavy atom. The first-order valence-electron chi connectivity index (χ1n) is 10.5. The molecule has 4 rings (SSSR count). The number of aliphatic imine (C=N–C) groups is 2. The van der Waals surface area contributed by atoms with Crippen molar-refractivity contribution in [2.75, 3.05) is 0 Å². The summed E-state index contributed by atoms with van der Waals surface area (Å²) in [6, 6.07) is 0. The van der Waals surface area contributed by atoms with Crippen molar-refractivity contribution in [3.05, 3.63) is 44.5 Å². The summed E-state index contributed by atoms with van der Waals surface area (Å²) in [7, 11) is 2.00. The lowest BCUT2D eigenvalue weighted by Crippen LogP contribution is -2.01. The molecular formula is C27H31N3. The zero-order valence-electron chi connectivity index (χ0n) is 19.8. The Morgan fingerprint density at radius 3 is 1.17 bits per heavy atom. The van der Waals surface area contributed by atoms with E-state index < -0.39 is 0 Å². The van der Waals surface area contributed by atoms with Crippen LogP contribution >= 0.6 is 0 Å². The molecule has 30 heavy (non-hydrogen) atoms. The maximum atomic E-state index is 4.39. The predicted molar refractivity (Wildman–Crippen MR) is 134 cm³/mol. The van der Waals surface area contributed by atoms with Gasteiger partial charge in [-0.3, -0.25) is 0 Å². The van der Waals surface area contributed by atoms with E-state index in [0.717, 1.165) is 22.4 Å². The van der Waals surface area contributed by atoms with Crippen molar-refractivity contribution in [3.63, 3.8) is 0 Å². The minimum absolute atomic E-state index is 0.861. The van der Waals surface area contributed by atoms with Crippen molar-refractivity contribution >= 4 is 57.4 Å². The highest BCUT2D eigenvalue weighted by Crippen LogP contribution is 2.48. The van der Waals surface area contributed by atoms with Gasteiger partial charge in [0.05, 0.1) is 0 Å². The first-order valence-corrected chi connectivity index (χ1v) is 10.5. The van der Waals surface area contributed by atoms with Gasteiger partial charge in [-0.1, -0.05) is 0 Å². The van der Waals surface area contributed by atoms with Gasteiger partial charge in [0.1, 0.15) is 11.6 Å². The Balaban J connectivity index is 2.53. The standard InChI is InChI=1S/C27H31N3/c1-12-13(2)15(4)22-20(14(12)3)16(5)17(6)21-18(7)24-25(19(8)23(21)22)27(29-10)30(11)26(24)28-9/h9-10H2,1-8,11H3. The van der Waals surface area contributed by atoms with E-state index in [9.17, 15) is 0 Å². The molecule has 0 amide bonds. The van der Waals surface area contributed by atoms with Crippen LogP contribution in [0, 0.1) is 55.4 Å². The van der Waals surface area contributed by atoms with Crippen LogP contribution in [-0.2, 0) is 7.05 Å². The smallest absolute Gasteiger partial charge is 0.141 e. The van der Waals surface area contributed by atoms with Gasteiger partial charge in [0, 0.05) is 17.8 Å². The number of rotatable bonds is 2. The van der Waals surface area contributed by atoms with Crippen LogP contribution in [0.3, 0.4) is 0 Å². The molecule has 3 nitrogen and oxygen atoms in total. The lowest BCUT2D eigenvalue weighted by Gasteiger charge is -2.23. The third-order valence-electron chi connectivity index (χ3n) is 7.63. The van der Waals surface area contributed by atoms with E-state index in [4.69, 9.17) is 0 Å². The Morgan fingerprint density at radius 1 is 0.433 bits per heavy atom. The molecule has 1 heterocycles. The average Bonchev–Trinajstić information content (AvgIpc) is 3.02. The van der Waals surface area contributed by atoms with E-state index in [-0.39, 0.29) is 0 Å². The zero-order chi connectivity index (χ0) is 22.2. The molecule has 0 radical (unpaired) electrons. The number of hydrogen-bond donors (Lipinski definition) is 0. The van der Waals surface area contributed by atoms with Gasteiger partial charge < -0.3 is 4.57 Å². The van der Waals surface area contributed by atoms with E-state index in [1.807, 2.05) is 11.6 Å². The molecule has 3 heteroatoms. The SMILES string of the molecule is C=Nc1c2c(C)c3c(C)c(C)c4c(C)c(C)c(C)c(C)c4c3c(C)c2c(N=C)n1C. The average molecular weight is 398 g/mol. The van der Waals surface area contributed by atoms with Gasteiger partial charge in [-0.05, 0) is 135 Å². The summed E-state index contributed by atoms with van der Waals surface area (Å²) in [4.78, 5) is 8.77. The van der Waals surface area contributed by atoms with Gasteiger partial charge in [-0.15, -0.1) is 0 Å². The second-order valence-corrected chi connectivity index (χ2v) is 8.77. The number of fused-ring (bicyclic) bond motifs is 4. The minimum Gasteiger partial charge on any atom is -0.313 e. The summed E-state index contributed by atoms with van der Waals surface area (Å²) >= 11 is 0. The van der Waals surface area contributed by atoms with Crippen LogP contribution < -0.4 is 0 Å².